The molecule has 6 nitrogen and oxygen atoms in total. The Labute approximate surface area is 274 Å². The molecule has 0 bridgehead atoms. The van der Waals surface area contributed by atoms with Crippen LogP contribution in [0.2, 0.25) is 0 Å². The largest absolute Gasteiger partial charge is 0.508 e. The van der Waals surface area contributed by atoms with E-state index in [1.165, 1.54) is 22.3 Å². The summed E-state index contributed by atoms with van der Waals surface area (Å²) in [4.78, 5) is 0. The molecule has 4 aromatic rings. The van der Waals surface area contributed by atoms with Crippen LogP contribution in [0, 0.1) is 0 Å². The lowest BCUT2D eigenvalue weighted by atomic mass is 9.68. The van der Waals surface area contributed by atoms with Crippen molar-refractivity contribution in [2.45, 2.75) is 76.4 Å². The number of phenolic OH excluding ortho intramolecular Hbond substituents is 2. The Morgan fingerprint density at radius 2 is 0.804 bits per heavy atom. The van der Waals surface area contributed by atoms with Gasteiger partial charge in [-0.05, 0) is 75.2 Å². The predicted octanol–water partition coefficient (Wildman–Crippen LogP) is 7.70. The van der Waals surface area contributed by atoms with Crippen molar-refractivity contribution in [3.05, 3.63) is 119 Å². The van der Waals surface area contributed by atoms with Crippen LogP contribution in [0.3, 0.4) is 0 Å². The number of fused-ring (bicyclic) bond motifs is 2. The Hall–Kier alpha value is -4.00. The van der Waals surface area contributed by atoms with E-state index in [9.17, 15) is 10.2 Å². The Kier molecular flexibility index (Phi) is 9.71. The molecule has 244 valence electrons. The van der Waals surface area contributed by atoms with E-state index in [0.717, 1.165) is 50.5 Å². The zero-order valence-corrected chi connectivity index (χ0v) is 28.2. The highest BCUT2D eigenvalue weighted by molar-refractivity contribution is 5.51. The van der Waals surface area contributed by atoms with E-state index in [4.69, 9.17) is 9.47 Å². The summed E-state index contributed by atoms with van der Waals surface area (Å²) in [5.41, 5.74) is 4.22. The maximum Gasteiger partial charge on any atom is 0.124 e. The summed E-state index contributed by atoms with van der Waals surface area (Å²) < 4.78 is 12.2. The maximum atomic E-state index is 9.51. The van der Waals surface area contributed by atoms with Gasteiger partial charge in [-0.15, -0.1) is 0 Å². The fourth-order valence-corrected chi connectivity index (χ4v) is 7.36. The number of hydrogen-bond donors (Lipinski definition) is 4. The van der Waals surface area contributed by atoms with E-state index in [-0.39, 0.29) is 22.0 Å². The monoisotopic (exact) mass is 622 g/mol. The van der Waals surface area contributed by atoms with Crippen molar-refractivity contribution in [3.63, 3.8) is 0 Å². The van der Waals surface area contributed by atoms with Crippen molar-refractivity contribution >= 4 is 0 Å². The topological polar surface area (TPSA) is 83.0 Å². The standard InChI is InChI=1S/2C18H20O2.C4H10N2/c2*1-17(2)12-18(3,13-8-10-14(19)11-9-13)15-6-4-5-7-16(15)20-17;1-2-6-4-3-5-1/h2*4-11,19H,12H2,1-3H3;5-6H,1-4H2/t2*18-;/m10./s1. The number of nitrogens with one attached hydrogen (secondary N) is 2. The second-order valence-corrected chi connectivity index (χ2v) is 14.3. The third kappa shape index (κ3) is 7.51. The quantitative estimate of drug-likeness (QED) is 0.183. The number of para-hydroxylation sites is 2. The van der Waals surface area contributed by atoms with Crippen LogP contribution in [0.15, 0.2) is 97.1 Å². The summed E-state index contributed by atoms with van der Waals surface area (Å²) in [5.74, 6) is 2.52. The molecule has 0 radical (unpaired) electrons. The first-order chi connectivity index (χ1) is 21.8. The van der Waals surface area contributed by atoms with Crippen LogP contribution in [0.25, 0.3) is 0 Å². The van der Waals surface area contributed by atoms with Crippen molar-refractivity contribution < 1.29 is 19.7 Å². The van der Waals surface area contributed by atoms with Gasteiger partial charge in [0.05, 0.1) is 0 Å². The van der Waals surface area contributed by atoms with Crippen LogP contribution >= 0.6 is 0 Å². The van der Waals surface area contributed by atoms with Gasteiger partial charge in [-0.3, -0.25) is 0 Å². The highest BCUT2D eigenvalue weighted by Crippen LogP contribution is 2.50. The Morgan fingerprint density at radius 3 is 1.13 bits per heavy atom. The Bertz CT molecular complexity index is 1470. The molecule has 2 atom stereocenters. The van der Waals surface area contributed by atoms with Gasteiger partial charge >= 0.3 is 0 Å². The second kappa shape index (κ2) is 13.4. The van der Waals surface area contributed by atoms with Crippen LogP contribution in [-0.4, -0.2) is 47.6 Å². The van der Waals surface area contributed by atoms with E-state index in [1.807, 2.05) is 48.5 Å². The minimum absolute atomic E-state index is 0.105. The summed E-state index contributed by atoms with van der Waals surface area (Å²) in [7, 11) is 0. The van der Waals surface area contributed by atoms with Crippen LogP contribution in [0.4, 0.5) is 0 Å². The smallest absolute Gasteiger partial charge is 0.124 e. The van der Waals surface area contributed by atoms with E-state index < -0.39 is 0 Å². The van der Waals surface area contributed by atoms with Gasteiger partial charge in [0.1, 0.15) is 34.2 Å². The average molecular weight is 623 g/mol. The molecule has 4 N–H and O–H groups in total. The van der Waals surface area contributed by atoms with Crippen molar-refractivity contribution in [2.24, 2.45) is 0 Å². The number of piperazine rings is 1. The molecule has 0 unspecified atom stereocenters. The van der Waals surface area contributed by atoms with E-state index in [2.05, 4.69) is 76.4 Å². The molecular formula is C40H50N2O4. The molecule has 0 saturated carbocycles. The summed E-state index contributed by atoms with van der Waals surface area (Å²) in [5, 5.41) is 25.5. The Balaban J connectivity index is 0.000000154. The molecule has 6 heteroatoms. The van der Waals surface area contributed by atoms with Crippen molar-refractivity contribution in [1.82, 2.24) is 10.6 Å². The van der Waals surface area contributed by atoms with Crippen LogP contribution in [-0.2, 0) is 10.8 Å². The molecule has 0 amide bonds. The first-order valence-electron chi connectivity index (χ1n) is 16.4. The molecule has 3 aliphatic heterocycles. The molecular weight excluding hydrogens is 572 g/mol. The van der Waals surface area contributed by atoms with Gasteiger partial charge in [-0.2, -0.15) is 0 Å². The number of benzene rings is 4. The first kappa shape index (κ1) is 33.4. The van der Waals surface area contributed by atoms with Gasteiger partial charge in [0.2, 0.25) is 0 Å². The molecule has 0 aromatic heterocycles. The summed E-state index contributed by atoms with van der Waals surface area (Å²) in [6.07, 6.45) is 1.81. The number of ether oxygens (including phenoxy) is 2. The van der Waals surface area contributed by atoms with Crippen molar-refractivity contribution in [3.8, 4) is 23.0 Å². The minimum atomic E-state index is -0.207. The van der Waals surface area contributed by atoms with Gasteiger partial charge in [0.15, 0.2) is 0 Å². The Morgan fingerprint density at radius 1 is 0.478 bits per heavy atom. The average Bonchev–Trinajstić information content (AvgIpc) is 3.02. The molecule has 46 heavy (non-hydrogen) atoms. The highest BCUT2D eigenvalue weighted by atomic mass is 16.5. The van der Waals surface area contributed by atoms with Crippen LogP contribution in [0.1, 0.15) is 76.6 Å². The third-order valence-electron chi connectivity index (χ3n) is 9.26. The van der Waals surface area contributed by atoms with Gasteiger partial charge in [-0.1, -0.05) is 74.5 Å². The van der Waals surface area contributed by atoms with Crippen LogP contribution < -0.4 is 20.1 Å². The lowest BCUT2D eigenvalue weighted by Crippen LogP contribution is -2.43. The SMILES string of the molecule is C1CNCCN1.CC1(C)C[C@@](C)(c2ccc(O)cc2)c2ccccc2O1.CC1(C)C[C@](C)(c2ccc(O)cc2)c2ccccc2O1. The minimum Gasteiger partial charge on any atom is -0.508 e. The summed E-state index contributed by atoms with van der Waals surface area (Å²) in [6, 6.07) is 31.5. The lowest BCUT2D eigenvalue weighted by molar-refractivity contribution is 0.0578. The molecule has 7 rings (SSSR count). The number of phenols is 2. The normalized spacial score (nSPS) is 23.8. The van der Waals surface area contributed by atoms with E-state index >= 15 is 0 Å². The second-order valence-electron chi connectivity index (χ2n) is 14.3. The van der Waals surface area contributed by atoms with Crippen molar-refractivity contribution in [1.29, 1.82) is 0 Å². The number of rotatable bonds is 2. The molecule has 1 fully saturated rings. The number of aromatic hydroxyl groups is 2. The van der Waals surface area contributed by atoms with Gasteiger partial charge in [-0.25, -0.2) is 0 Å². The fourth-order valence-electron chi connectivity index (χ4n) is 7.36. The molecule has 1 saturated heterocycles. The van der Waals surface area contributed by atoms with Gasteiger partial charge in [0, 0.05) is 61.0 Å². The zero-order valence-electron chi connectivity index (χ0n) is 28.2. The summed E-state index contributed by atoms with van der Waals surface area (Å²) >= 11 is 0. The molecule has 3 heterocycles. The maximum absolute atomic E-state index is 9.51. The fraction of sp³-hybridized carbons (Fsp3) is 0.400. The van der Waals surface area contributed by atoms with Crippen LogP contribution in [0.5, 0.6) is 23.0 Å². The predicted molar refractivity (Wildman–Crippen MR) is 186 cm³/mol. The molecule has 4 aromatic carbocycles. The zero-order chi connectivity index (χ0) is 33.0. The molecule has 0 spiro atoms. The first-order valence-corrected chi connectivity index (χ1v) is 16.4. The van der Waals surface area contributed by atoms with E-state index in [1.54, 1.807) is 24.3 Å². The van der Waals surface area contributed by atoms with Crippen molar-refractivity contribution in [2.75, 3.05) is 26.2 Å². The van der Waals surface area contributed by atoms with Gasteiger partial charge < -0.3 is 30.3 Å². The molecule has 0 aliphatic carbocycles. The summed E-state index contributed by atoms with van der Waals surface area (Å²) in [6.45, 7) is 17.6. The third-order valence-corrected chi connectivity index (χ3v) is 9.26. The number of hydrogen-bond acceptors (Lipinski definition) is 6. The highest BCUT2D eigenvalue weighted by Gasteiger charge is 2.44. The molecule has 3 aliphatic rings. The van der Waals surface area contributed by atoms with Gasteiger partial charge in [0.25, 0.3) is 0 Å². The lowest BCUT2D eigenvalue weighted by Gasteiger charge is -2.44. The van der Waals surface area contributed by atoms with E-state index in [0.29, 0.717) is 11.5 Å².